The Morgan fingerprint density at radius 1 is 1.75 bits per heavy atom. The van der Waals surface area contributed by atoms with Crippen LogP contribution in [0.3, 0.4) is 0 Å². The molecule has 1 rings (SSSR count). The van der Waals surface area contributed by atoms with E-state index in [0.29, 0.717) is 0 Å². The van der Waals surface area contributed by atoms with Crippen LogP contribution >= 0.6 is 0 Å². The minimum atomic E-state index is -0.0359. The molecule has 1 fully saturated rings. The Labute approximate surface area is 72.9 Å². The fourth-order valence-corrected chi connectivity index (χ4v) is 1.35. The molecule has 12 heavy (non-hydrogen) atoms. The molecule has 1 amide bonds. The maximum Gasteiger partial charge on any atom is 0.232 e. The van der Waals surface area contributed by atoms with E-state index in [9.17, 15) is 4.79 Å². The van der Waals surface area contributed by atoms with E-state index in [4.69, 9.17) is 6.42 Å². The Balaban J connectivity index is 2.21. The van der Waals surface area contributed by atoms with Crippen molar-refractivity contribution in [2.75, 3.05) is 13.1 Å². The molecule has 0 unspecified atom stereocenters. The van der Waals surface area contributed by atoms with Crippen molar-refractivity contribution < 1.29 is 4.79 Å². The van der Waals surface area contributed by atoms with Crippen molar-refractivity contribution in [2.45, 2.75) is 25.3 Å². The van der Waals surface area contributed by atoms with E-state index in [1.54, 1.807) is 0 Å². The second kappa shape index (κ2) is 4.78. The number of hydrogen-bond acceptors (Lipinski definition) is 2. The van der Waals surface area contributed by atoms with Crippen LogP contribution in [0.15, 0.2) is 0 Å². The molecule has 66 valence electrons. The first-order chi connectivity index (χ1) is 5.83. The highest BCUT2D eigenvalue weighted by Crippen LogP contribution is 2.00. The van der Waals surface area contributed by atoms with Crippen molar-refractivity contribution in [3.63, 3.8) is 0 Å². The third-order valence-corrected chi connectivity index (χ3v) is 1.92. The van der Waals surface area contributed by atoms with Gasteiger partial charge in [-0.2, -0.15) is 0 Å². The lowest BCUT2D eigenvalue weighted by Gasteiger charge is -2.23. The van der Waals surface area contributed by atoms with Gasteiger partial charge in [0.15, 0.2) is 0 Å². The van der Waals surface area contributed by atoms with Gasteiger partial charge in [0.05, 0.1) is 6.42 Å². The van der Waals surface area contributed by atoms with E-state index < -0.39 is 0 Å². The second-order valence-corrected chi connectivity index (χ2v) is 2.99. The fraction of sp³-hybridized carbons (Fsp3) is 0.667. The van der Waals surface area contributed by atoms with Crippen LogP contribution in [0.25, 0.3) is 0 Å². The lowest BCUT2D eigenvalue weighted by atomic mass is 10.1. The summed E-state index contributed by atoms with van der Waals surface area (Å²) in [6.07, 6.45) is 7.38. The van der Waals surface area contributed by atoms with Crippen molar-refractivity contribution in [1.82, 2.24) is 10.6 Å². The zero-order valence-corrected chi connectivity index (χ0v) is 7.10. The monoisotopic (exact) mass is 166 g/mol. The molecule has 2 N–H and O–H groups in total. The van der Waals surface area contributed by atoms with E-state index in [0.717, 1.165) is 25.9 Å². The van der Waals surface area contributed by atoms with Gasteiger partial charge in [-0.05, 0) is 19.4 Å². The van der Waals surface area contributed by atoms with Crippen LogP contribution in [-0.4, -0.2) is 25.0 Å². The van der Waals surface area contributed by atoms with Gasteiger partial charge in [0.2, 0.25) is 5.91 Å². The molecule has 1 aliphatic rings. The summed E-state index contributed by atoms with van der Waals surface area (Å²) in [6, 6.07) is 0.277. The van der Waals surface area contributed by atoms with Crippen molar-refractivity contribution in [3.8, 4) is 12.3 Å². The largest absolute Gasteiger partial charge is 0.351 e. The molecule has 0 aromatic heterocycles. The molecule has 1 heterocycles. The highest BCUT2D eigenvalue weighted by Gasteiger charge is 2.13. The summed E-state index contributed by atoms with van der Waals surface area (Å²) in [6.45, 7) is 1.93. The summed E-state index contributed by atoms with van der Waals surface area (Å²) in [5, 5.41) is 6.09. The van der Waals surface area contributed by atoms with Crippen molar-refractivity contribution in [1.29, 1.82) is 0 Å². The van der Waals surface area contributed by atoms with Gasteiger partial charge in [0.25, 0.3) is 0 Å². The summed E-state index contributed by atoms with van der Waals surface area (Å²) >= 11 is 0. The molecule has 1 atom stereocenters. The van der Waals surface area contributed by atoms with Crippen LogP contribution < -0.4 is 10.6 Å². The first kappa shape index (κ1) is 9.08. The van der Waals surface area contributed by atoms with Crippen LogP contribution in [0, 0.1) is 12.3 Å². The molecule has 0 radical (unpaired) electrons. The molecule has 0 aliphatic carbocycles. The Morgan fingerprint density at radius 2 is 2.58 bits per heavy atom. The first-order valence-electron chi connectivity index (χ1n) is 4.26. The second-order valence-electron chi connectivity index (χ2n) is 2.99. The normalized spacial score (nSPS) is 22.8. The molecule has 0 bridgehead atoms. The fourth-order valence-electron chi connectivity index (χ4n) is 1.35. The molecular weight excluding hydrogens is 152 g/mol. The minimum Gasteiger partial charge on any atom is -0.351 e. The number of piperidine rings is 1. The third kappa shape index (κ3) is 2.93. The maximum atomic E-state index is 11.0. The predicted molar refractivity (Wildman–Crippen MR) is 47.5 cm³/mol. The highest BCUT2D eigenvalue weighted by molar-refractivity contribution is 5.78. The summed E-state index contributed by atoms with van der Waals surface area (Å²) in [5.41, 5.74) is 0. The molecule has 3 nitrogen and oxygen atoms in total. The van der Waals surface area contributed by atoms with Crippen LogP contribution in [0.1, 0.15) is 19.3 Å². The number of carbonyl (C=O) groups excluding carboxylic acids is 1. The molecule has 1 saturated heterocycles. The number of terminal acetylenes is 1. The first-order valence-corrected chi connectivity index (χ1v) is 4.26. The number of nitrogens with one attached hydrogen (secondary N) is 2. The smallest absolute Gasteiger partial charge is 0.232 e. The van der Waals surface area contributed by atoms with Gasteiger partial charge >= 0.3 is 0 Å². The van der Waals surface area contributed by atoms with Gasteiger partial charge in [-0.15, -0.1) is 6.42 Å². The summed E-state index contributed by atoms with van der Waals surface area (Å²) in [5.74, 6) is 2.29. The molecule has 0 spiro atoms. The summed E-state index contributed by atoms with van der Waals surface area (Å²) in [7, 11) is 0. The topological polar surface area (TPSA) is 41.1 Å². The van der Waals surface area contributed by atoms with E-state index in [1.165, 1.54) is 0 Å². The average molecular weight is 166 g/mol. The lowest BCUT2D eigenvalue weighted by Crippen LogP contribution is -2.45. The Bertz CT molecular complexity index is 189. The van der Waals surface area contributed by atoms with Gasteiger partial charge < -0.3 is 10.6 Å². The molecule has 0 saturated carbocycles. The van der Waals surface area contributed by atoms with Crippen molar-refractivity contribution in [2.24, 2.45) is 0 Å². The van der Waals surface area contributed by atoms with Crippen molar-refractivity contribution >= 4 is 5.91 Å². The highest BCUT2D eigenvalue weighted by atomic mass is 16.1. The average Bonchev–Trinajstić information content (AvgIpc) is 2.06. The lowest BCUT2D eigenvalue weighted by molar-refractivity contribution is -0.120. The van der Waals surface area contributed by atoms with E-state index in [2.05, 4.69) is 16.6 Å². The molecule has 0 aromatic carbocycles. The zero-order chi connectivity index (χ0) is 8.81. The van der Waals surface area contributed by atoms with Gasteiger partial charge in [-0.25, -0.2) is 0 Å². The molecule has 0 aromatic rings. The molecule has 1 aliphatic heterocycles. The number of hydrogen-bond donors (Lipinski definition) is 2. The van der Waals surface area contributed by atoms with Gasteiger partial charge in [-0.1, -0.05) is 5.92 Å². The molecular formula is C9H14N2O. The van der Waals surface area contributed by atoms with E-state index in [-0.39, 0.29) is 18.4 Å². The zero-order valence-electron chi connectivity index (χ0n) is 7.10. The number of carbonyl (C=O) groups is 1. The quantitative estimate of drug-likeness (QED) is 0.561. The van der Waals surface area contributed by atoms with Gasteiger partial charge in [0, 0.05) is 12.6 Å². The van der Waals surface area contributed by atoms with Crippen LogP contribution in [0.4, 0.5) is 0 Å². The maximum absolute atomic E-state index is 11.0. The third-order valence-electron chi connectivity index (χ3n) is 1.92. The Kier molecular flexibility index (Phi) is 3.62. The van der Waals surface area contributed by atoms with Crippen LogP contribution in [0.2, 0.25) is 0 Å². The summed E-state index contributed by atoms with van der Waals surface area (Å²) in [4.78, 5) is 11.0. The van der Waals surface area contributed by atoms with E-state index in [1.807, 2.05) is 0 Å². The van der Waals surface area contributed by atoms with Crippen molar-refractivity contribution in [3.05, 3.63) is 0 Å². The number of amides is 1. The minimum absolute atomic E-state index is 0.0359. The molecule has 3 heteroatoms. The Hall–Kier alpha value is -1.01. The van der Waals surface area contributed by atoms with Gasteiger partial charge in [-0.3, -0.25) is 4.79 Å². The van der Waals surface area contributed by atoms with E-state index >= 15 is 0 Å². The van der Waals surface area contributed by atoms with Gasteiger partial charge in [0.1, 0.15) is 0 Å². The summed E-state index contributed by atoms with van der Waals surface area (Å²) < 4.78 is 0. The van der Waals surface area contributed by atoms with Crippen LogP contribution in [0.5, 0.6) is 0 Å². The van der Waals surface area contributed by atoms with Crippen LogP contribution in [-0.2, 0) is 4.79 Å². The standard InChI is InChI=1S/C9H14N2O/c1-2-4-9(12)11-8-5-3-6-10-7-8/h1,8,10H,3-7H2,(H,11,12)/t8-/m0/s1. The number of rotatable bonds is 2. The SMILES string of the molecule is C#CCC(=O)N[C@H]1CCCNC1. The Morgan fingerprint density at radius 3 is 3.17 bits per heavy atom. The predicted octanol–water partition coefficient (Wildman–Crippen LogP) is -0.122.